The highest BCUT2D eigenvalue weighted by Crippen LogP contribution is 2.38. The maximum Gasteiger partial charge on any atom is 0.267 e. The molecule has 0 bridgehead atoms. The highest BCUT2D eigenvalue weighted by molar-refractivity contribution is 8.18. The number of halogens is 2. The third-order valence-electron chi connectivity index (χ3n) is 4.38. The number of carbonyl (C=O) groups is 1. The lowest BCUT2D eigenvalue weighted by molar-refractivity contribution is -0.122. The number of nitrogens with zero attached hydrogens (tertiary/aromatic N) is 2. The average Bonchev–Trinajstić information content (AvgIpc) is 3.38. The standard InChI is InChI=1S/C24H16Cl2N2O3S/c1-2-10-31-22-19(25)12-16(13-20(22)26)14-21-23(29)28(15-18-9-6-11-30-18)24(32-21)27-17-7-4-3-5-8-17/h1,3-9,11-14H,10,15H2/b21-14-,27-24?. The van der Waals surface area contributed by atoms with Gasteiger partial charge in [0, 0.05) is 0 Å². The molecule has 8 heteroatoms. The minimum absolute atomic E-state index is 0.0509. The van der Waals surface area contributed by atoms with Crippen molar-refractivity contribution in [3.8, 4) is 18.1 Å². The topological polar surface area (TPSA) is 55.0 Å². The van der Waals surface area contributed by atoms with Crippen molar-refractivity contribution in [3.05, 3.63) is 87.1 Å². The van der Waals surface area contributed by atoms with Crippen molar-refractivity contribution < 1.29 is 13.9 Å². The van der Waals surface area contributed by atoms with Crippen LogP contribution in [0.15, 0.2) is 75.2 Å². The van der Waals surface area contributed by atoms with Gasteiger partial charge in [-0.3, -0.25) is 9.69 Å². The van der Waals surface area contributed by atoms with Gasteiger partial charge in [-0.15, -0.1) is 6.42 Å². The zero-order chi connectivity index (χ0) is 22.5. The molecule has 0 N–H and O–H groups in total. The van der Waals surface area contributed by atoms with Gasteiger partial charge in [0.1, 0.15) is 12.4 Å². The van der Waals surface area contributed by atoms with Crippen molar-refractivity contribution in [2.75, 3.05) is 6.61 Å². The molecular weight excluding hydrogens is 467 g/mol. The van der Waals surface area contributed by atoms with Crippen LogP contribution >= 0.6 is 35.0 Å². The molecule has 2 aromatic carbocycles. The number of furan rings is 1. The molecule has 0 unspecified atom stereocenters. The molecule has 2 heterocycles. The Morgan fingerprint density at radius 1 is 1.16 bits per heavy atom. The van der Waals surface area contributed by atoms with E-state index >= 15 is 0 Å². The number of hydrogen-bond acceptors (Lipinski definition) is 5. The van der Waals surface area contributed by atoms with E-state index in [0.29, 0.717) is 37.2 Å². The van der Waals surface area contributed by atoms with Crippen LogP contribution in [0.2, 0.25) is 10.0 Å². The fourth-order valence-electron chi connectivity index (χ4n) is 2.97. The first kappa shape index (κ1) is 22.1. The molecule has 160 valence electrons. The summed E-state index contributed by atoms with van der Waals surface area (Å²) in [6, 6.07) is 16.4. The minimum atomic E-state index is -0.194. The van der Waals surface area contributed by atoms with Crippen molar-refractivity contribution in [2.45, 2.75) is 6.54 Å². The second-order valence-electron chi connectivity index (χ2n) is 6.62. The SMILES string of the molecule is C#CCOc1c(Cl)cc(/C=C2\SC(=Nc3ccccc3)N(Cc3ccco3)C2=O)cc1Cl. The van der Waals surface area contributed by atoms with E-state index in [0.717, 1.165) is 5.69 Å². The van der Waals surface area contributed by atoms with Gasteiger partial charge in [-0.25, -0.2) is 4.99 Å². The van der Waals surface area contributed by atoms with Gasteiger partial charge in [0.2, 0.25) is 0 Å². The molecule has 0 atom stereocenters. The second kappa shape index (κ2) is 10.0. The van der Waals surface area contributed by atoms with Crippen LogP contribution in [-0.2, 0) is 11.3 Å². The minimum Gasteiger partial charge on any atom is -0.478 e. The molecule has 1 fully saturated rings. The number of hydrogen-bond donors (Lipinski definition) is 0. The number of para-hydroxylation sites is 1. The third-order valence-corrected chi connectivity index (χ3v) is 5.95. The lowest BCUT2D eigenvalue weighted by Crippen LogP contribution is -2.28. The Kier molecular flexibility index (Phi) is 6.91. The molecule has 4 rings (SSSR count). The maximum absolute atomic E-state index is 13.2. The zero-order valence-electron chi connectivity index (χ0n) is 16.6. The largest absolute Gasteiger partial charge is 0.478 e. The summed E-state index contributed by atoms with van der Waals surface area (Å²) in [5, 5.41) is 1.16. The molecular formula is C24H16Cl2N2O3S. The molecule has 0 radical (unpaired) electrons. The molecule has 1 aromatic heterocycles. The summed E-state index contributed by atoms with van der Waals surface area (Å²) >= 11 is 13.9. The Hall–Kier alpha value is -3.11. The molecule has 5 nitrogen and oxygen atoms in total. The molecule has 1 saturated heterocycles. The fourth-order valence-corrected chi connectivity index (χ4v) is 4.58. The summed E-state index contributed by atoms with van der Waals surface area (Å²) in [5.41, 5.74) is 1.40. The van der Waals surface area contributed by atoms with Gasteiger partial charge < -0.3 is 9.15 Å². The Morgan fingerprint density at radius 3 is 2.56 bits per heavy atom. The highest BCUT2D eigenvalue weighted by atomic mass is 35.5. The van der Waals surface area contributed by atoms with Crippen molar-refractivity contribution in [1.29, 1.82) is 0 Å². The zero-order valence-corrected chi connectivity index (χ0v) is 19.0. The van der Waals surface area contributed by atoms with Crippen LogP contribution in [0, 0.1) is 12.3 Å². The number of rotatable bonds is 6. The predicted octanol–water partition coefficient (Wildman–Crippen LogP) is 6.40. The van der Waals surface area contributed by atoms with Crippen molar-refractivity contribution in [3.63, 3.8) is 0 Å². The highest BCUT2D eigenvalue weighted by Gasteiger charge is 2.34. The van der Waals surface area contributed by atoms with Crippen LogP contribution in [0.25, 0.3) is 6.08 Å². The second-order valence-corrected chi connectivity index (χ2v) is 8.44. The van der Waals surface area contributed by atoms with Crippen molar-refractivity contribution >= 4 is 57.8 Å². The summed E-state index contributed by atoms with van der Waals surface area (Å²) in [7, 11) is 0. The first-order valence-electron chi connectivity index (χ1n) is 9.48. The number of thioether (sulfide) groups is 1. The Morgan fingerprint density at radius 2 is 1.91 bits per heavy atom. The van der Waals surface area contributed by atoms with Crippen molar-refractivity contribution in [2.24, 2.45) is 4.99 Å². The number of ether oxygens (including phenoxy) is 1. The van der Waals surface area contributed by atoms with Crippen molar-refractivity contribution in [1.82, 2.24) is 4.90 Å². The van der Waals surface area contributed by atoms with Gasteiger partial charge in [0.15, 0.2) is 10.9 Å². The first-order valence-corrected chi connectivity index (χ1v) is 11.0. The average molecular weight is 483 g/mol. The number of benzene rings is 2. The fraction of sp³-hybridized carbons (Fsp3) is 0.0833. The Bertz CT molecular complexity index is 1210. The molecule has 1 aliphatic rings. The smallest absolute Gasteiger partial charge is 0.267 e. The molecule has 1 aliphatic heterocycles. The van der Waals surface area contributed by atoms with Crippen LogP contribution in [0.5, 0.6) is 5.75 Å². The normalized spacial score (nSPS) is 16.0. The van der Waals surface area contributed by atoms with Gasteiger partial charge in [-0.05, 0) is 59.8 Å². The summed E-state index contributed by atoms with van der Waals surface area (Å²) in [6.45, 7) is 0.317. The van der Waals surface area contributed by atoms with Crippen LogP contribution in [0.3, 0.4) is 0 Å². The van der Waals surface area contributed by atoms with Gasteiger partial charge in [0.25, 0.3) is 5.91 Å². The van der Waals surface area contributed by atoms with E-state index in [-0.39, 0.29) is 19.1 Å². The molecule has 0 saturated carbocycles. The quantitative estimate of drug-likeness (QED) is 0.301. The van der Waals surface area contributed by atoms with E-state index in [2.05, 4.69) is 10.9 Å². The maximum atomic E-state index is 13.2. The lowest BCUT2D eigenvalue weighted by atomic mass is 10.2. The van der Waals surface area contributed by atoms with Crippen LogP contribution in [0.4, 0.5) is 5.69 Å². The third kappa shape index (κ3) is 5.03. The first-order chi connectivity index (χ1) is 15.5. The van der Waals surface area contributed by atoms with Gasteiger partial charge >= 0.3 is 0 Å². The number of amidine groups is 1. The van der Waals surface area contributed by atoms with E-state index < -0.39 is 0 Å². The van der Waals surface area contributed by atoms with E-state index in [9.17, 15) is 4.79 Å². The summed E-state index contributed by atoms with van der Waals surface area (Å²) in [6.07, 6.45) is 8.52. The number of aliphatic imine (C=N–C) groups is 1. The molecule has 3 aromatic rings. The Balaban J connectivity index is 1.67. The summed E-state index contributed by atoms with van der Waals surface area (Å²) < 4.78 is 10.8. The van der Waals surface area contributed by atoms with Gasteiger partial charge in [-0.2, -0.15) is 0 Å². The van der Waals surface area contributed by atoms with E-state index in [4.69, 9.17) is 38.8 Å². The van der Waals surface area contributed by atoms with E-state index in [1.54, 1.807) is 35.4 Å². The van der Waals surface area contributed by atoms with Gasteiger partial charge in [-0.1, -0.05) is 47.3 Å². The van der Waals surface area contributed by atoms with E-state index in [1.807, 2.05) is 36.4 Å². The molecule has 1 amide bonds. The monoisotopic (exact) mass is 482 g/mol. The number of amides is 1. The Labute approximate surface area is 199 Å². The van der Waals surface area contributed by atoms with Gasteiger partial charge in [0.05, 0.1) is 33.4 Å². The molecule has 0 aliphatic carbocycles. The van der Waals surface area contributed by atoms with E-state index in [1.165, 1.54) is 11.8 Å². The summed E-state index contributed by atoms with van der Waals surface area (Å²) in [5.74, 6) is 3.14. The number of terminal acetylenes is 1. The number of carbonyl (C=O) groups excluding carboxylic acids is 1. The van der Waals surface area contributed by atoms with Crippen LogP contribution < -0.4 is 4.74 Å². The lowest BCUT2D eigenvalue weighted by Gasteiger charge is -2.13. The van der Waals surface area contributed by atoms with Crippen LogP contribution in [0.1, 0.15) is 11.3 Å². The van der Waals surface area contributed by atoms with Crippen LogP contribution in [-0.4, -0.2) is 22.6 Å². The predicted molar refractivity (Wildman–Crippen MR) is 129 cm³/mol. The summed E-state index contributed by atoms with van der Waals surface area (Å²) in [4.78, 5) is 19.9. The molecule has 32 heavy (non-hydrogen) atoms. The molecule has 0 spiro atoms.